The summed E-state index contributed by atoms with van der Waals surface area (Å²) < 4.78 is 14.2. The van der Waals surface area contributed by atoms with Crippen molar-refractivity contribution in [2.24, 2.45) is 0 Å². The minimum absolute atomic E-state index is 0. The van der Waals surface area contributed by atoms with Crippen molar-refractivity contribution in [2.45, 2.75) is 22.3 Å². The maximum Gasteiger partial charge on any atom is 0.140 e. The fourth-order valence-electron chi connectivity index (χ4n) is 0. The van der Waals surface area contributed by atoms with Crippen molar-refractivity contribution in [2.75, 3.05) is 0 Å². The highest BCUT2D eigenvalue weighted by molar-refractivity contribution is 7.00. The molecule has 0 unspecified atom stereocenters. The van der Waals surface area contributed by atoms with E-state index in [-0.39, 0.29) is 27.8 Å². The van der Waals surface area contributed by atoms with E-state index in [0.29, 0.717) is 0 Å². The highest BCUT2D eigenvalue weighted by Gasteiger charge is 0.746. The Labute approximate surface area is 64.2 Å². The van der Waals surface area contributed by atoms with Crippen LogP contribution in [0, 0.1) is 9.93 Å². The van der Waals surface area contributed by atoms with Crippen LogP contribution in [-0.2, 0) is 4.57 Å². The third-order valence-electron chi connectivity index (χ3n) is 0. The van der Waals surface area contributed by atoms with Gasteiger partial charge >= 0.3 is 0 Å². The molecule has 0 heterocycles. The largest absolute Gasteiger partial charge is 0.412 e. The number of hydrogen-bond acceptors (Lipinski definition) is 5. The van der Waals surface area contributed by atoms with Gasteiger partial charge in [0, 0.05) is 9.93 Å². The zero-order valence-corrected chi connectivity index (χ0v) is 3.96. The molecule has 0 aromatic carbocycles. The van der Waals surface area contributed by atoms with Gasteiger partial charge in [-0.2, -0.15) is 0 Å². The molecule has 0 aliphatic carbocycles. The molecule has 10 heavy (non-hydrogen) atoms. The number of hydrogen-bond donors (Lipinski definition) is 2. The second-order valence-corrected chi connectivity index (χ2v) is 0. The van der Waals surface area contributed by atoms with Gasteiger partial charge in [-0.3, -0.25) is 15.1 Å². The Balaban J connectivity index is -0.00000000378. The van der Waals surface area contributed by atoms with E-state index in [2.05, 4.69) is 0 Å². The van der Waals surface area contributed by atoms with Crippen LogP contribution >= 0.6 is 9.06 Å². The summed E-state index contributed by atoms with van der Waals surface area (Å²) in [5.41, 5.74) is 0. The van der Waals surface area contributed by atoms with Crippen molar-refractivity contribution in [3.05, 3.63) is 9.93 Å². The van der Waals surface area contributed by atoms with Gasteiger partial charge in [0.2, 0.25) is 0 Å². The Bertz CT molecular complexity index is 31.8. The molecule has 0 atom stereocenters. The van der Waals surface area contributed by atoms with Crippen molar-refractivity contribution >= 4 is 9.06 Å². The summed E-state index contributed by atoms with van der Waals surface area (Å²) in [6.07, 6.45) is 0. The Morgan fingerprint density at radius 1 is 1.10 bits per heavy atom. The summed E-state index contributed by atoms with van der Waals surface area (Å²) in [6, 6.07) is 0. The molecule has 0 spiro atoms. The van der Waals surface area contributed by atoms with E-state index in [1.165, 1.54) is 0 Å². The lowest BCUT2D eigenvalue weighted by Crippen LogP contribution is -1.29. The minimum Gasteiger partial charge on any atom is -0.412 e. The minimum atomic E-state index is -0.583. The van der Waals surface area contributed by atoms with Crippen LogP contribution in [0.3, 0.4) is 0 Å². The van der Waals surface area contributed by atoms with Gasteiger partial charge in [-0.05, 0) is 0 Å². The molecule has 4 N–H and O–H groups in total. The lowest BCUT2D eigenvalue weighted by Gasteiger charge is -1.25. The second kappa shape index (κ2) is 2790. The van der Waals surface area contributed by atoms with E-state index < -0.39 is 9.06 Å². The van der Waals surface area contributed by atoms with Crippen LogP contribution < -0.4 is 0 Å². The van der Waals surface area contributed by atoms with E-state index >= 15 is 0 Å². The molecule has 6 nitrogen and oxygen atoms in total. The molecule has 0 aromatic rings. The first-order valence-corrected chi connectivity index (χ1v) is 0.914. The smallest absolute Gasteiger partial charge is 0.140 e. The highest BCUT2D eigenvalue weighted by atomic mass is 31.0. The van der Waals surface area contributed by atoms with Crippen LogP contribution in [0.5, 0.6) is 0 Å². The summed E-state index contributed by atoms with van der Waals surface area (Å²) in [4.78, 5) is 14.0. The quantitative estimate of drug-likeness (QED) is 0.334. The molecule has 0 aliphatic rings. The third-order valence-corrected chi connectivity index (χ3v) is 0. The fraction of sp³-hybridized carbons (Fsp3) is 1.00. The van der Waals surface area contributed by atoms with Crippen molar-refractivity contribution in [3.8, 4) is 0 Å². The van der Waals surface area contributed by atoms with Crippen LogP contribution in [0.2, 0.25) is 0 Å². The molecule has 0 bridgehead atoms. The molecular formula is C3H17O6P. The zero-order chi connectivity index (χ0) is 6.71. The Hall–Kier alpha value is -0.420. The van der Waals surface area contributed by atoms with Gasteiger partial charge in [-0.1, -0.05) is 22.3 Å². The Morgan fingerprint density at radius 2 is 1.10 bits per heavy atom. The van der Waals surface area contributed by atoms with Gasteiger partial charge in [-0.15, -0.1) is 0 Å². The van der Waals surface area contributed by atoms with Gasteiger partial charge in [0.15, 0.2) is 0 Å². The molecule has 0 amide bonds. The molecule has 0 saturated carbocycles. The molecule has 0 rings (SSSR count). The van der Waals surface area contributed by atoms with Crippen molar-refractivity contribution in [1.82, 2.24) is 0 Å². The topological polar surface area (TPSA) is 123 Å². The first kappa shape index (κ1) is 55.0. The highest BCUT2D eigenvalue weighted by Crippen LogP contribution is 1.23. The maximum atomic E-state index is 8.57. The van der Waals surface area contributed by atoms with E-state index in [4.69, 9.17) is 26.3 Å². The molecule has 0 aromatic heterocycles. The SMILES string of the molecule is C.C.C.O.O=O.OO.[2H]P=O. The van der Waals surface area contributed by atoms with Gasteiger partial charge < -0.3 is 5.48 Å². The molecule has 0 fully saturated rings. The zero-order valence-electron chi connectivity index (χ0n) is 4.07. The molecule has 70 valence electrons. The van der Waals surface area contributed by atoms with Crippen molar-refractivity contribution in [3.63, 3.8) is 0 Å². The fourth-order valence-corrected chi connectivity index (χ4v) is 0. The van der Waals surface area contributed by atoms with Gasteiger partial charge in [0.1, 0.15) is 10.3 Å². The van der Waals surface area contributed by atoms with Crippen LogP contribution in [0.15, 0.2) is 0 Å². The molecule has 7 heteroatoms. The first-order chi connectivity index (χ1) is 3.41. The molecule has 0 radical (unpaired) electrons. The second-order valence-electron chi connectivity index (χ2n) is 0. The van der Waals surface area contributed by atoms with E-state index in [0.717, 1.165) is 0 Å². The van der Waals surface area contributed by atoms with Crippen molar-refractivity contribution < 1.29 is 20.6 Å². The summed E-state index contributed by atoms with van der Waals surface area (Å²) in [5, 5.41) is 12.0. The monoisotopic (exact) mass is 181 g/mol. The van der Waals surface area contributed by atoms with Gasteiger partial charge in [0.05, 0.1) is 0 Å². The predicted octanol–water partition coefficient (Wildman–Crippen LogP) is 1.64. The average molecular weight is 181 g/mol. The van der Waals surface area contributed by atoms with Gasteiger partial charge in [0.25, 0.3) is 0 Å². The van der Waals surface area contributed by atoms with Crippen LogP contribution in [0.4, 0.5) is 0 Å². The Morgan fingerprint density at radius 3 is 1.10 bits per heavy atom. The maximum absolute atomic E-state index is 8.57. The summed E-state index contributed by atoms with van der Waals surface area (Å²) in [5.74, 6) is 0. The van der Waals surface area contributed by atoms with E-state index in [1.807, 2.05) is 0 Å². The van der Waals surface area contributed by atoms with Gasteiger partial charge in [-0.25, -0.2) is 0 Å². The van der Waals surface area contributed by atoms with Crippen LogP contribution in [-0.4, -0.2) is 17.3 Å². The van der Waals surface area contributed by atoms with Crippen molar-refractivity contribution in [1.29, 1.82) is 1.28 Å². The molecular weight excluding hydrogens is 163 g/mol. The summed E-state index contributed by atoms with van der Waals surface area (Å²) in [7, 11) is -0.583. The van der Waals surface area contributed by atoms with Crippen LogP contribution in [0.25, 0.3) is 0 Å². The summed E-state index contributed by atoms with van der Waals surface area (Å²) >= 11 is 0. The van der Waals surface area contributed by atoms with E-state index in [1.54, 1.807) is 0 Å². The lowest BCUT2D eigenvalue weighted by molar-refractivity contribution is -0.176. The number of rotatable bonds is 0. The molecule has 0 aliphatic heterocycles. The third kappa shape index (κ3) is 1860. The van der Waals surface area contributed by atoms with E-state index in [9.17, 15) is 0 Å². The lowest BCUT2D eigenvalue weighted by atomic mass is 12.0. The first-order valence-electron chi connectivity index (χ1n) is 0.996. The average Bonchev–Trinajstić information content (AvgIpc) is 1.78. The standard InChI is InChI=1S/3CH4.H2O2.O2.HOP.H2O/c;;;3*1-2;/h3*1H4;1-2H;;2H;1H2/i;;;;;2D;. The summed E-state index contributed by atoms with van der Waals surface area (Å²) in [6.45, 7) is 0. The van der Waals surface area contributed by atoms with Crippen LogP contribution in [0.1, 0.15) is 22.3 Å². The normalized spacial score (nSPS) is 3.20. The Kier molecular flexibility index (Phi) is 15400. The predicted molar refractivity (Wildman–Crippen MR) is 44.8 cm³/mol. The molecule has 0 saturated heterocycles.